The van der Waals surface area contributed by atoms with Crippen LogP contribution in [0.5, 0.6) is 0 Å². The van der Waals surface area contributed by atoms with Crippen molar-refractivity contribution in [3.8, 4) is 0 Å². The van der Waals surface area contributed by atoms with Gasteiger partial charge in [0.05, 0.1) is 0 Å². The maximum Gasteiger partial charge on any atom is 0.172 e. The summed E-state index contributed by atoms with van der Waals surface area (Å²) in [7, 11) is 0. The lowest BCUT2D eigenvalue weighted by molar-refractivity contribution is 0.571. The van der Waals surface area contributed by atoms with Crippen molar-refractivity contribution in [2.75, 3.05) is 23.3 Å². The van der Waals surface area contributed by atoms with Crippen LogP contribution in [0, 0.1) is 5.82 Å². The second-order valence-electron chi connectivity index (χ2n) is 8.73. The fourth-order valence-electron chi connectivity index (χ4n) is 5.02. The van der Waals surface area contributed by atoms with Gasteiger partial charge in [0.2, 0.25) is 0 Å². The van der Waals surface area contributed by atoms with Crippen molar-refractivity contribution in [3.63, 3.8) is 0 Å². The molecule has 0 saturated carbocycles. The zero-order valence-corrected chi connectivity index (χ0v) is 18.7. The zero-order valence-electron chi connectivity index (χ0n) is 17.9. The largest absolute Gasteiger partial charge is 0.366 e. The summed E-state index contributed by atoms with van der Waals surface area (Å²) in [5.41, 5.74) is 4.65. The van der Waals surface area contributed by atoms with Crippen LogP contribution >= 0.6 is 11.3 Å². The number of aryl methyl sites for hydroxylation is 1. The van der Waals surface area contributed by atoms with E-state index in [1.54, 1.807) is 11.3 Å². The molecule has 1 N–H and O–H groups in total. The number of halogens is 1. The summed E-state index contributed by atoms with van der Waals surface area (Å²) in [4.78, 5) is 8.42. The molecular weight excluding hydrogens is 423 g/mol. The highest BCUT2D eigenvalue weighted by Crippen LogP contribution is 2.42. The molecule has 0 amide bonds. The number of hydrogen-bond donors (Lipinski definition) is 1. The van der Waals surface area contributed by atoms with Gasteiger partial charge in [-0.3, -0.25) is 0 Å². The van der Waals surface area contributed by atoms with Gasteiger partial charge in [0.1, 0.15) is 26.7 Å². The third-order valence-corrected chi connectivity index (χ3v) is 7.72. The fraction of sp³-hybridized carbons (Fsp3) is 0.417. The minimum atomic E-state index is -0.213. The molecule has 0 bridgehead atoms. The molecule has 0 spiro atoms. The molecule has 0 radical (unpaired) electrons. The number of piperidine rings is 1. The molecule has 1 aromatic carbocycles. The van der Waals surface area contributed by atoms with E-state index in [-0.39, 0.29) is 5.82 Å². The van der Waals surface area contributed by atoms with Crippen LogP contribution in [0.2, 0.25) is 0 Å². The van der Waals surface area contributed by atoms with Crippen molar-refractivity contribution in [2.24, 2.45) is 0 Å². The first-order chi connectivity index (χ1) is 15.8. The highest BCUT2D eigenvalue weighted by molar-refractivity contribution is 7.26. The van der Waals surface area contributed by atoms with Crippen LogP contribution in [0.3, 0.4) is 0 Å². The van der Waals surface area contributed by atoms with E-state index in [1.807, 2.05) is 12.1 Å². The zero-order chi connectivity index (χ0) is 21.5. The molecule has 1 saturated heterocycles. The number of rotatable bonds is 4. The van der Waals surface area contributed by atoms with E-state index in [2.05, 4.69) is 25.6 Å². The number of benzene rings is 1. The molecule has 1 fully saturated rings. The standard InChI is InChI=1S/C24H25FN6S/c25-16-10-8-15(9-11-16)14-26-22-18-7-3-2-6-17(18)19-20-21(32-24(19)27-22)23(29-30-28-20)31-12-4-1-5-13-31/h8-11H,1-7,12-14H2,(H,26,27). The van der Waals surface area contributed by atoms with Crippen molar-refractivity contribution in [3.05, 3.63) is 46.8 Å². The lowest BCUT2D eigenvalue weighted by Gasteiger charge is -2.27. The fourth-order valence-corrected chi connectivity index (χ4v) is 6.17. The summed E-state index contributed by atoms with van der Waals surface area (Å²) >= 11 is 1.69. The molecule has 1 aliphatic carbocycles. The summed E-state index contributed by atoms with van der Waals surface area (Å²) in [5.74, 6) is 1.70. The van der Waals surface area contributed by atoms with Gasteiger partial charge in [-0.25, -0.2) is 9.37 Å². The normalized spacial score (nSPS) is 16.5. The van der Waals surface area contributed by atoms with Crippen molar-refractivity contribution in [1.82, 2.24) is 20.4 Å². The molecule has 4 aromatic rings. The van der Waals surface area contributed by atoms with Gasteiger partial charge in [0, 0.05) is 25.0 Å². The SMILES string of the molecule is Fc1ccc(CNc2nc3sc4c(N5CCCCC5)nnnc4c3c3c2CCCC3)cc1. The number of anilines is 2. The average molecular weight is 449 g/mol. The summed E-state index contributed by atoms with van der Waals surface area (Å²) in [5, 5.41) is 17.8. The summed E-state index contributed by atoms with van der Waals surface area (Å²) in [6, 6.07) is 6.64. The second-order valence-corrected chi connectivity index (χ2v) is 9.72. The Morgan fingerprint density at radius 2 is 1.72 bits per heavy atom. The van der Waals surface area contributed by atoms with E-state index in [0.29, 0.717) is 6.54 Å². The van der Waals surface area contributed by atoms with Gasteiger partial charge in [-0.15, -0.1) is 21.5 Å². The number of hydrogen-bond acceptors (Lipinski definition) is 7. The molecule has 6 nitrogen and oxygen atoms in total. The van der Waals surface area contributed by atoms with E-state index < -0.39 is 0 Å². The second kappa shape index (κ2) is 8.24. The molecule has 0 unspecified atom stereocenters. The Hall–Kier alpha value is -2.87. The lowest BCUT2D eigenvalue weighted by Crippen LogP contribution is -2.30. The van der Waals surface area contributed by atoms with Crippen LogP contribution in [0.25, 0.3) is 20.4 Å². The van der Waals surface area contributed by atoms with Crippen molar-refractivity contribution in [2.45, 2.75) is 51.5 Å². The molecular formula is C24H25FN6S. The van der Waals surface area contributed by atoms with Crippen molar-refractivity contribution in [1.29, 1.82) is 0 Å². The predicted octanol–water partition coefficient (Wildman–Crippen LogP) is 5.25. The number of fused-ring (bicyclic) bond motifs is 5. The Labute approximate surface area is 189 Å². The van der Waals surface area contributed by atoms with Gasteiger partial charge < -0.3 is 10.2 Å². The minimum Gasteiger partial charge on any atom is -0.366 e. The maximum atomic E-state index is 13.3. The van der Waals surface area contributed by atoms with Gasteiger partial charge in [-0.1, -0.05) is 12.1 Å². The average Bonchev–Trinajstić information content (AvgIpc) is 3.23. The van der Waals surface area contributed by atoms with Crippen molar-refractivity contribution >= 4 is 43.4 Å². The quantitative estimate of drug-likeness (QED) is 0.460. The molecule has 2 aliphatic rings. The minimum absolute atomic E-state index is 0.213. The highest BCUT2D eigenvalue weighted by atomic mass is 32.1. The van der Waals surface area contributed by atoms with Gasteiger partial charge in [0.15, 0.2) is 5.82 Å². The molecule has 4 heterocycles. The van der Waals surface area contributed by atoms with E-state index in [0.717, 1.165) is 58.2 Å². The number of nitrogens with zero attached hydrogens (tertiary/aromatic N) is 5. The first-order valence-corrected chi connectivity index (χ1v) is 12.3. The first kappa shape index (κ1) is 19.8. The molecule has 164 valence electrons. The molecule has 3 aromatic heterocycles. The molecule has 1 aliphatic heterocycles. The molecule has 8 heteroatoms. The third-order valence-electron chi connectivity index (χ3n) is 6.65. The van der Waals surface area contributed by atoms with Gasteiger partial charge in [-0.05, 0) is 79.0 Å². The van der Waals surface area contributed by atoms with Crippen LogP contribution in [0.1, 0.15) is 48.8 Å². The smallest absolute Gasteiger partial charge is 0.172 e. The van der Waals surface area contributed by atoms with Crippen LogP contribution in [-0.2, 0) is 19.4 Å². The van der Waals surface area contributed by atoms with Gasteiger partial charge in [0.25, 0.3) is 0 Å². The number of thiophene rings is 1. The summed E-state index contributed by atoms with van der Waals surface area (Å²) in [6.07, 6.45) is 8.07. The summed E-state index contributed by atoms with van der Waals surface area (Å²) < 4.78 is 14.4. The Balaban J connectivity index is 1.45. The number of aromatic nitrogens is 4. The van der Waals surface area contributed by atoms with Gasteiger partial charge in [-0.2, -0.15) is 0 Å². The Kier molecular flexibility index (Phi) is 5.09. The maximum absolute atomic E-state index is 13.3. The Bertz CT molecular complexity index is 1280. The third kappa shape index (κ3) is 3.46. The lowest BCUT2D eigenvalue weighted by atomic mass is 9.90. The van der Waals surface area contributed by atoms with Crippen LogP contribution in [0.15, 0.2) is 24.3 Å². The highest BCUT2D eigenvalue weighted by Gasteiger charge is 2.25. The monoisotopic (exact) mass is 448 g/mol. The summed E-state index contributed by atoms with van der Waals surface area (Å²) in [6.45, 7) is 2.67. The van der Waals surface area contributed by atoms with Gasteiger partial charge >= 0.3 is 0 Å². The Morgan fingerprint density at radius 1 is 0.938 bits per heavy atom. The van der Waals surface area contributed by atoms with E-state index in [1.165, 1.54) is 60.7 Å². The molecule has 0 atom stereocenters. The number of pyridine rings is 1. The van der Waals surface area contributed by atoms with E-state index in [9.17, 15) is 4.39 Å². The molecule has 6 rings (SSSR count). The van der Waals surface area contributed by atoms with E-state index in [4.69, 9.17) is 4.98 Å². The van der Waals surface area contributed by atoms with Crippen molar-refractivity contribution < 1.29 is 4.39 Å². The topological polar surface area (TPSA) is 66.8 Å². The Morgan fingerprint density at radius 3 is 2.53 bits per heavy atom. The first-order valence-electron chi connectivity index (χ1n) is 11.5. The number of nitrogens with one attached hydrogen (secondary N) is 1. The molecule has 32 heavy (non-hydrogen) atoms. The van der Waals surface area contributed by atoms with E-state index >= 15 is 0 Å². The van der Waals surface area contributed by atoms with Crippen LogP contribution < -0.4 is 10.2 Å². The van der Waals surface area contributed by atoms with Crippen LogP contribution in [-0.4, -0.2) is 33.5 Å². The van der Waals surface area contributed by atoms with Crippen LogP contribution in [0.4, 0.5) is 16.0 Å². The predicted molar refractivity (Wildman–Crippen MR) is 127 cm³/mol.